The first-order valence-corrected chi connectivity index (χ1v) is 10.0. The van der Waals surface area contributed by atoms with E-state index in [9.17, 15) is 14.4 Å². The molecule has 152 valence electrons. The SMILES string of the molecule is Cc1ccc(CC(=O)N2CC3C(=O)N(CC(C)C)C(=O)N3CC(C)(C)C2)cc1. The number of aryl methyl sites for hydroxylation is 1. The Morgan fingerprint density at radius 1 is 1.14 bits per heavy atom. The molecule has 2 saturated heterocycles. The molecule has 2 aliphatic heterocycles. The highest BCUT2D eigenvalue weighted by Gasteiger charge is 2.50. The number of hydrogen-bond acceptors (Lipinski definition) is 3. The molecule has 0 aromatic heterocycles. The van der Waals surface area contributed by atoms with Gasteiger partial charge in [0.15, 0.2) is 0 Å². The number of hydrogen-bond donors (Lipinski definition) is 0. The number of fused-ring (bicyclic) bond motifs is 1. The van der Waals surface area contributed by atoms with Gasteiger partial charge >= 0.3 is 6.03 Å². The van der Waals surface area contributed by atoms with E-state index in [-0.39, 0.29) is 35.7 Å². The third-order valence-corrected chi connectivity index (χ3v) is 5.39. The van der Waals surface area contributed by atoms with Crippen molar-refractivity contribution >= 4 is 17.8 Å². The molecule has 6 heteroatoms. The van der Waals surface area contributed by atoms with Gasteiger partial charge in [0.25, 0.3) is 5.91 Å². The Hall–Kier alpha value is -2.37. The largest absolute Gasteiger partial charge is 0.339 e. The summed E-state index contributed by atoms with van der Waals surface area (Å²) in [4.78, 5) is 43.6. The highest BCUT2D eigenvalue weighted by Crippen LogP contribution is 2.30. The van der Waals surface area contributed by atoms with Crippen LogP contribution in [0.3, 0.4) is 0 Å². The molecular weight excluding hydrogens is 354 g/mol. The maximum atomic E-state index is 13.0. The molecular formula is C22H31N3O3. The summed E-state index contributed by atoms with van der Waals surface area (Å²) in [6.07, 6.45) is 0.306. The molecule has 0 radical (unpaired) electrons. The zero-order chi connectivity index (χ0) is 20.6. The molecule has 28 heavy (non-hydrogen) atoms. The Labute approximate surface area is 167 Å². The minimum atomic E-state index is -0.574. The third-order valence-electron chi connectivity index (χ3n) is 5.39. The Morgan fingerprint density at radius 3 is 2.39 bits per heavy atom. The van der Waals surface area contributed by atoms with Crippen molar-refractivity contribution in [3.63, 3.8) is 0 Å². The van der Waals surface area contributed by atoms with Gasteiger partial charge in [-0.3, -0.25) is 14.5 Å². The molecule has 0 aliphatic carbocycles. The second-order valence-electron chi connectivity index (χ2n) is 9.37. The molecule has 0 saturated carbocycles. The lowest BCUT2D eigenvalue weighted by molar-refractivity contribution is -0.133. The molecule has 3 rings (SSSR count). The number of benzene rings is 1. The molecule has 2 fully saturated rings. The fourth-order valence-corrected chi connectivity index (χ4v) is 4.07. The van der Waals surface area contributed by atoms with E-state index >= 15 is 0 Å². The van der Waals surface area contributed by atoms with Gasteiger partial charge in [-0.2, -0.15) is 0 Å². The minimum absolute atomic E-state index is 0.00124. The summed E-state index contributed by atoms with van der Waals surface area (Å²) in [5.74, 6) is 0.0367. The summed E-state index contributed by atoms with van der Waals surface area (Å²) in [6, 6.07) is 7.15. The normalized spacial score (nSPS) is 21.9. The number of urea groups is 1. The monoisotopic (exact) mass is 385 g/mol. The number of rotatable bonds is 4. The second-order valence-corrected chi connectivity index (χ2v) is 9.37. The second kappa shape index (κ2) is 7.57. The van der Waals surface area contributed by atoms with E-state index in [0.717, 1.165) is 11.1 Å². The van der Waals surface area contributed by atoms with E-state index in [1.54, 1.807) is 9.80 Å². The molecule has 4 amide bonds. The van der Waals surface area contributed by atoms with Crippen molar-refractivity contribution in [1.29, 1.82) is 0 Å². The maximum absolute atomic E-state index is 13.0. The zero-order valence-electron chi connectivity index (χ0n) is 17.6. The van der Waals surface area contributed by atoms with Gasteiger partial charge in [-0.15, -0.1) is 0 Å². The van der Waals surface area contributed by atoms with Crippen molar-refractivity contribution in [2.24, 2.45) is 11.3 Å². The van der Waals surface area contributed by atoms with Crippen molar-refractivity contribution in [2.45, 2.75) is 47.1 Å². The molecule has 1 atom stereocenters. The van der Waals surface area contributed by atoms with Gasteiger partial charge in [0.2, 0.25) is 5.91 Å². The summed E-state index contributed by atoms with van der Waals surface area (Å²) < 4.78 is 0. The first-order chi connectivity index (χ1) is 13.1. The van der Waals surface area contributed by atoms with E-state index in [4.69, 9.17) is 0 Å². The quantitative estimate of drug-likeness (QED) is 0.749. The average Bonchev–Trinajstić information content (AvgIpc) is 2.74. The van der Waals surface area contributed by atoms with Crippen molar-refractivity contribution in [1.82, 2.24) is 14.7 Å². The van der Waals surface area contributed by atoms with E-state index in [1.807, 2.05) is 58.9 Å². The van der Waals surface area contributed by atoms with Crippen molar-refractivity contribution in [2.75, 3.05) is 26.2 Å². The first kappa shape index (κ1) is 20.4. The topological polar surface area (TPSA) is 60.9 Å². The van der Waals surface area contributed by atoms with Crippen LogP contribution in [0.15, 0.2) is 24.3 Å². The van der Waals surface area contributed by atoms with Gasteiger partial charge in [0, 0.05) is 25.0 Å². The summed E-state index contributed by atoms with van der Waals surface area (Å²) >= 11 is 0. The standard InChI is InChI=1S/C22H31N3O3/c1-15(2)11-24-20(27)18-12-23(13-22(4,5)14-25(18)21(24)28)19(26)10-17-8-6-16(3)7-9-17/h6-9,15,18H,10-14H2,1-5H3. The summed E-state index contributed by atoms with van der Waals surface area (Å²) in [6.45, 7) is 11.8. The molecule has 0 spiro atoms. The fraction of sp³-hybridized carbons (Fsp3) is 0.591. The zero-order valence-corrected chi connectivity index (χ0v) is 17.6. The summed E-state index contributed by atoms with van der Waals surface area (Å²) in [5.41, 5.74) is 1.84. The fourth-order valence-electron chi connectivity index (χ4n) is 4.07. The lowest BCUT2D eigenvalue weighted by Crippen LogP contribution is -2.44. The maximum Gasteiger partial charge on any atom is 0.327 e. The first-order valence-electron chi connectivity index (χ1n) is 10.0. The Kier molecular flexibility index (Phi) is 5.50. The lowest BCUT2D eigenvalue weighted by atomic mass is 9.92. The van der Waals surface area contributed by atoms with Crippen LogP contribution in [0.4, 0.5) is 4.79 Å². The van der Waals surface area contributed by atoms with Crippen molar-refractivity contribution in [3.8, 4) is 0 Å². The summed E-state index contributed by atoms with van der Waals surface area (Å²) in [5, 5.41) is 0. The predicted molar refractivity (Wildman–Crippen MR) is 108 cm³/mol. The van der Waals surface area contributed by atoms with Crippen LogP contribution < -0.4 is 0 Å². The van der Waals surface area contributed by atoms with E-state index in [2.05, 4.69) is 0 Å². The highest BCUT2D eigenvalue weighted by atomic mass is 16.2. The molecule has 2 heterocycles. The van der Waals surface area contributed by atoms with Crippen LogP contribution in [0.25, 0.3) is 0 Å². The van der Waals surface area contributed by atoms with Crippen LogP contribution in [-0.4, -0.2) is 64.8 Å². The van der Waals surface area contributed by atoms with Crippen LogP contribution in [-0.2, 0) is 16.0 Å². The number of carbonyl (C=O) groups excluding carboxylic acids is 3. The average molecular weight is 386 g/mol. The third kappa shape index (κ3) is 4.21. The summed E-state index contributed by atoms with van der Waals surface area (Å²) in [7, 11) is 0. The molecule has 0 N–H and O–H groups in total. The van der Waals surface area contributed by atoms with Gasteiger partial charge in [0.1, 0.15) is 6.04 Å². The molecule has 1 unspecified atom stereocenters. The smallest absolute Gasteiger partial charge is 0.327 e. The van der Waals surface area contributed by atoms with Crippen LogP contribution in [0.5, 0.6) is 0 Å². The number of imide groups is 1. The van der Waals surface area contributed by atoms with Gasteiger partial charge in [-0.25, -0.2) is 4.79 Å². The van der Waals surface area contributed by atoms with Gasteiger partial charge in [-0.05, 0) is 18.4 Å². The van der Waals surface area contributed by atoms with E-state index in [1.165, 1.54) is 4.90 Å². The van der Waals surface area contributed by atoms with E-state index in [0.29, 0.717) is 26.1 Å². The predicted octanol–water partition coefficient (Wildman–Crippen LogP) is 2.69. The Bertz CT molecular complexity index is 770. The molecule has 0 bridgehead atoms. The number of carbonyl (C=O) groups is 3. The van der Waals surface area contributed by atoms with Gasteiger partial charge in [-0.1, -0.05) is 57.5 Å². The molecule has 2 aliphatic rings. The molecule has 1 aromatic rings. The van der Waals surface area contributed by atoms with Gasteiger partial charge in [0.05, 0.1) is 13.0 Å². The number of nitrogens with zero attached hydrogens (tertiary/aromatic N) is 3. The van der Waals surface area contributed by atoms with Crippen LogP contribution in [0.1, 0.15) is 38.8 Å². The van der Waals surface area contributed by atoms with Crippen molar-refractivity contribution < 1.29 is 14.4 Å². The van der Waals surface area contributed by atoms with Crippen molar-refractivity contribution in [3.05, 3.63) is 35.4 Å². The highest BCUT2D eigenvalue weighted by molar-refractivity contribution is 6.04. The van der Waals surface area contributed by atoms with Gasteiger partial charge < -0.3 is 9.80 Å². The number of amides is 4. The van der Waals surface area contributed by atoms with Crippen LogP contribution in [0, 0.1) is 18.3 Å². The Morgan fingerprint density at radius 2 is 1.79 bits per heavy atom. The Balaban J connectivity index is 1.80. The molecule has 6 nitrogen and oxygen atoms in total. The molecule has 1 aromatic carbocycles. The minimum Gasteiger partial charge on any atom is -0.339 e. The van der Waals surface area contributed by atoms with Crippen LogP contribution in [0.2, 0.25) is 0 Å². The lowest BCUT2D eigenvalue weighted by Gasteiger charge is -2.31. The van der Waals surface area contributed by atoms with E-state index < -0.39 is 6.04 Å². The van der Waals surface area contributed by atoms with Crippen LogP contribution >= 0.6 is 0 Å².